The van der Waals surface area contributed by atoms with Gasteiger partial charge in [-0.15, -0.1) is 10.2 Å². The molecule has 0 saturated carbocycles. The smallest absolute Gasteiger partial charge is 0.242 e. The lowest BCUT2D eigenvalue weighted by Crippen LogP contribution is -2.45. The molecule has 122 valence electrons. The summed E-state index contributed by atoms with van der Waals surface area (Å²) in [5, 5.41) is 14.5. The number of nitrogens with one attached hydrogen (secondary N) is 2. The Hall–Kier alpha value is -1.57. The Labute approximate surface area is 134 Å². The molecule has 2 rings (SSSR count). The second-order valence-corrected chi connectivity index (χ2v) is 6.28. The summed E-state index contributed by atoms with van der Waals surface area (Å²) in [5.41, 5.74) is 0. The summed E-state index contributed by atoms with van der Waals surface area (Å²) in [7, 11) is 0. The fraction of sp³-hybridized carbons (Fsp3) is 0.714. The second-order valence-electron chi connectivity index (χ2n) is 5.33. The van der Waals surface area contributed by atoms with E-state index in [0.717, 1.165) is 36.8 Å². The zero-order valence-corrected chi connectivity index (χ0v) is 13.9. The lowest BCUT2D eigenvalue weighted by Gasteiger charge is -2.13. The van der Waals surface area contributed by atoms with Crippen molar-refractivity contribution in [2.24, 2.45) is 0 Å². The van der Waals surface area contributed by atoms with Gasteiger partial charge in [0.2, 0.25) is 11.8 Å². The number of rotatable bonds is 6. The number of carbonyl (C=O) groups is 2. The first-order valence-corrected chi connectivity index (χ1v) is 8.72. The quantitative estimate of drug-likeness (QED) is 0.753. The summed E-state index contributed by atoms with van der Waals surface area (Å²) in [4.78, 5) is 23.5. The number of hydrogen-bond donors (Lipinski definition) is 2. The molecule has 0 unspecified atom stereocenters. The van der Waals surface area contributed by atoms with Gasteiger partial charge in [-0.25, -0.2) is 0 Å². The number of aromatic nitrogens is 3. The highest BCUT2D eigenvalue weighted by atomic mass is 32.2. The van der Waals surface area contributed by atoms with Gasteiger partial charge < -0.3 is 15.2 Å². The first-order chi connectivity index (χ1) is 10.6. The highest BCUT2D eigenvalue weighted by Crippen LogP contribution is 2.21. The van der Waals surface area contributed by atoms with Gasteiger partial charge in [-0.2, -0.15) is 0 Å². The van der Waals surface area contributed by atoms with Crippen molar-refractivity contribution < 1.29 is 9.59 Å². The minimum Gasteiger partial charge on any atom is -0.355 e. The summed E-state index contributed by atoms with van der Waals surface area (Å²) < 4.78 is 2.11. The molecule has 2 heterocycles. The van der Waals surface area contributed by atoms with Gasteiger partial charge in [-0.3, -0.25) is 9.59 Å². The molecule has 8 heteroatoms. The molecule has 0 bridgehead atoms. The third-order valence-electron chi connectivity index (χ3n) is 3.53. The summed E-state index contributed by atoms with van der Waals surface area (Å²) in [6, 6.07) is -0.524. The number of nitrogens with zero attached hydrogens (tertiary/aromatic N) is 3. The minimum atomic E-state index is -0.524. The third kappa shape index (κ3) is 4.46. The van der Waals surface area contributed by atoms with Crippen LogP contribution < -0.4 is 10.6 Å². The van der Waals surface area contributed by atoms with Gasteiger partial charge >= 0.3 is 0 Å². The van der Waals surface area contributed by atoms with E-state index < -0.39 is 6.04 Å². The monoisotopic (exact) mass is 325 g/mol. The van der Waals surface area contributed by atoms with E-state index in [2.05, 4.69) is 25.4 Å². The Morgan fingerprint density at radius 3 is 2.91 bits per heavy atom. The number of hydrogen-bond acceptors (Lipinski definition) is 5. The molecule has 1 atom stereocenters. The van der Waals surface area contributed by atoms with Crippen molar-refractivity contribution in [3.63, 3.8) is 0 Å². The van der Waals surface area contributed by atoms with Gasteiger partial charge in [-0.05, 0) is 26.7 Å². The first-order valence-electron chi connectivity index (χ1n) is 7.73. The van der Waals surface area contributed by atoms with Gasteiger partial charge in [0.05, 0.1) is 5.75 Å². The van der Waals surface area contributed by atoms with Crippen LogP contribution in [-0.4, -0.2) is 44.9 Å². The van der Waals surface area contributed by atoms with E-state index in [9.17, 15) is 9.59 Å². The molecule has 0 aliphatic carbocycles. The van der Waals surface area contributed by atoms with Crippen LogP contribution in [0.25, 0.3) is 0 Å². The largest absolute Gasteiger partial charge is 0.355 e. The molecule has 1 aromatic rings. The summed E-state index contributed by atoms with van der Waals surface area (Å²) >= 11 is 1.37. The zero-order chi connectivity index (χ0) is 15.9. The molecule has 1 aliphatic heterocycles. The maximum atomic E-state index is 11.9. The van der Waals surface area contributed by atoms with E-state index in [-0.39, 0.29) is 17.6 Å². The first kappa shape index (κ1) is 16.8. The van der Waals surface area contributed by atoms with Gasteiger partial charge in [0.1, 0.15) is 11.9 Å². The number of fused-ring (bicyclic) bond motifs is 1. The van der Waals surface area contributed by atoms with Crippen LogP contribution in [0.15, 0.2) is 5.16 Å². The third-order valence-corrected chi connectivity index (χ3v) is 4.50. The second kappa shape index (κ2) is 8.17. The van der Waals surface area contributed by atoms with E-state index in [0.29, 0.717) is 6.54 Å². The van der Waals surface area contributed by atoms with Crippen LogP contribution in [0.4, 0.5) is 0 Å². The molecule has 0 aromatic carbocycles. The Morgan fingerprint density at radius 2 is 2.14 bits per heavy atom. The highest BCUT2D eigenvalue weighted by molar-refractivity contribution is 7.99. The topological polar surface area (TPSA) is 88.9 Å². The van der Waals surface area contributed by atoms with E-state index in [1.165, 1.54) is 18.2 Å². The van der Waals surface area contributed by atoms with Crippen molar-refractivity contribution in [3.8, 4) is 0 Å². The Bertz CT molecular complexity index is 531. The fourth-order valence-corrected chi connectivity index (χ4v) is 3.17. The van der Waals surface area contributed by atoms with Crippen LogP contribution in [0.2, 0.25) is 0 Å². The van der Waals surface area contributed by atoms with Crippen LogP contribution in [0.1, 0.15) is 38.9 Å². The predicted molar refractivity (Wildman–Crippen MR) is 84.6 cm³/mol. The summed E-state index contributed by atoms with van der Waals surface area (Å²) in [6.45, 7) is 5.00. The molecular formula is C14H23N5O2S. The number of amides is 2. The molecule has 1 aliphatic rings. The van der Waals surface area contributed by atoms with Crippen molar-refractivity contribution >= 4 is 23.6 Å². The number of thioether (sulfide) groups is 1. The average Bonchev–Trinajstić information content (AvgIpc) is 2.72. The molecule has 22 heavy (non-hydrogen) atoms. The molecule has 7 nitrogen and oxygen atoms in total. The Balaban J connectivity index is 1.84. The molecule has 1 aromatic heterocycles. The van der Waals surface area contributed by atoms with Crippen LogP contribution in [-0.2, 0) is 22.6 Å². The van der Waals surface area contributed by atoms with Gasteiger partial charge in [-0.1, -0.05) is 18.2 Å². The molecule has 2 amide bonds. The number of likely N-dealkylation sites (N-methyl/N-ethyl adjacent to an activating group) is 1. The van der Waals surface area contributed by atoms with E-state index >= 15 is 0 Å². The molecule has 0 radical (unpaired) electrons. The number of carbonyl (C=O) groups excluding carboxylic acids is 2. The van der Waals surface area contributed by atoms with E-state index in [1.807, 2.05) is 6.92 Å². The maximum absolute atomic E-state index is 11.9. The molecular weight excluding hydrogens is 302 g/mol. The molecule has 2 N–H and O–H groups in total. The zero-order valence-electron chi connectivity index (χ0n) is 13.1. The van der Waals surface area contributed by atoms with Crippen molar-refractivity contribution in [2.75, 3.05) is 12.3 Å². The molecule has 0 saturated heterocycles. The standard InChI is InChI=1S/C14H23N5O2S/c1-3-15-13(21)10(2)16-12(20)9-22-14-18-17-11-7-5-4-6-8-19(11)14/h10H,3-9H2,1-2H3,(H,15,21)(H,16,20)/t10-/m1/s1. The Kier molecular flexibility index (Phi) is 6.23. The predicted octanol–water partition coefficient (Wildman–Crippen LogP) is 0.737. The lowest BCUT2D eigenvalue weighted by molar-refractivity contribution is -0.127. The van der Waals surface area contributed by atoms with Crippen LogP contribution >= 0.6 is 11.8 Å². The van der Waals surface area contributed by atoms with Crippen LogP contribution in [0.5, 0.6) is 0 Å². The van der Waals surface area contributed by atoms with Crippen molar-refractivity contribution in [1.29, 1.82) is 0 Å². The molecule has 0 spiro atoms. The molecule has 0 fully saturated rings. The van der Waals surface area contributed by atoms with Gasteiger partial charge in [0.25, 0.3) is 0 Å². The average molecular weight is 325 g/mol. The minimum absolute atomic E-state index is 0.169. The highest BCUT2D eigenvalue weighted by Gasteiger charge is 2.18. The lowest BCUT2D eigenvalue weighted by atomic mass is 10.2. The summed E-state index contributed by atoms with van der Waals surface area (Å²) in [6.07, 6.45) is 4.43. The Morgan fingerprint density at radius 1 is 1.32 bits per heavy atom. The van der Waals surface area contributed by atoms with Crippen LogP contribution in [0.3, 0.4) is 0 Å². The van der Waals surface area contributed by atoms with Gasteiger partial charge in [0, 0.05) is 19.5 Å². The van der Waals surface area contributed by atoms with Gasteiger partial charge in [0.15, 0.2) is 5.16 Å². The number of aryl methyl sites for hydroxylation is 1. The maximum Gasteiger partial charge on any atom is 0.242 e. The van der Waals surface area contributed by atoms with Crippen molar-refractivity contribution in [3.05, 3.63) is 5.82 Å². The normalized spacial score (nSPS) is 15.5. The van der Waals surface area contributed by atoms with Crippen molar-refractivity contribution in [2.45, 2.75) is 57.3 Å². The SMILES string of the molecule is CCNC(=O)[C@@H](C)NC(=O)CSc1nnc2n1CCCCC2. The van der Waals surface area contributed by atoms with E-state index in [4.69, 9.17) is 0 Å². The van der Waals surface area contributed by atoms with Crippen molar-refractivity contribution in [1.82, 2.24) is 25.4 Å². The van der Waals surface area contributed by atoms with E-state index in [1.54, 1.807) is 6.92 Å². The van der Waals surface area contributed by atoms with Crippen LogP contribution in [0, 0.1) is 0 Å². The summed E-state index contributed by atoms with van der Waals surface area (Å²) in [5.74, 6) is 0.907. The fourth-order valence-electron chi connectivity index (χ4n) is 2.37.